The molecule has 20 heavy (non-hydrogen) atoms. The van der Waals surface area contributed by atoms with Gasteiger partial charge in [0.1, 0.15) is 0 Å². The van der Waals surface area contributed by atoms with E-state index in [1.165, 1.54) is 16.7 Å². The molecule has 0 bridgehead atoms. The van der Waals surface area contributed by atoms with Gasteiger partial charge in [-0.15, -0.1) is 0 Å². The summed E-state index contributed by atoms with van der Waals surface area (Å²) in [4.78, 5) is 2.20. The molecule has 0 saturated carbocycles. The van der Waals surface area contributed by atoms with E-state index in [9.17, 15) is 0 Å². The van der Waals surface area contributed by atoms with Crippen molar-refractivity contribution in [3.63, 3.8) is 0 Å². The highest BCUT2D eigenvalue weighted by Gasteiger charge is 2.07. The molecule has 4 heteroatoms. The normalized spacial score (nSPS) is 11.2. The van der Waals surface area contributed by atoms with Gasteiger partial charge in [0.15, 0.2) is 0 Å². The lowest BCUT2D eigenvalue weighted by atomic mass is 10.1. The van der Waals surface area contributed by atoms with Gasteiger partial charge in [0, 0.05) is 30.9 Å². The third kappa shape index (κ3) is 3.68. The molecule has 1 heterocycles. The molecule has 0 fully saturated rings. The molecule has 0 unspecified atom stereocenters. The van der Waals surface area contributed by atoms with E-state index in [0.29, 0.717) is 0 Å². The molecule has 0 aliphatic heterocycles. The number of H-pyrrole nitrogens is 1. The van der Waals surface area contributed by atoms with Gasteiger partial charge in [-0.25, -0.2) is 0 Å². The maximum absolute atomic E-state index is 4.23. The number of aromatic nitrogens is 2. The molecular weight excluding hydrogens is 248 g/mol. The first-order valence-corrected chi connectivity index (χ1v) is 7.00. The lowest BCUT2D eigenvalue weighted by molar-refractivity contribution is 0.400. The number of hydrogen-bond donors (Lipinski definition) is 2. The van der Waals surface area contributed by atoms with E-state index in [-0.39, 0.29) is 0 Å². The Labute approximate surface area is 121 Å². The van der Waals surface area contributed by atoms with Gasteiger partial charge in [-0.3, -0.25) is 5.10 Å². The molecule has 2 aromatic rings. The third-order valence-corrected chi connectivity index (χ3v) is 3.50. The minimum Gasteiger partial charge on any atom is -0.308 e. The Bertz CT molecular complexity index is 538. The van der Waals surface area contributed by atoms with E-state index in [2.05, 4.69) is 65.7 Å². The summed E-state index contributed by atoms with van der Waals surface area (Å²) in [5, 5.41) is 10.8. The Morgan fingerprint density at radius 3 is 2.40 bits per heavy atom. The zero-order chi connectivity index (χ0) is 14.5. The van der Waals surface area contributed by atoms with E-state index in [1.54, 1.807) is 0 Å². The molecule has 0 saturated heterocycles. The molecular formula is C16H24N4. The zero-order valence-electron chi connectivity index (χ0n) is 12.8. The average Bonchev–Trinajstić information content (AvgIpc) is 2.71. The fourth-order valence-electron chi connectivity index (χ4n) is 2.38. The molecule has 4 nitrogen and oxygen atoms in total. The van der Waals surface area contributed by atoms with E-state index in [4.69, 9.17) is 0 Å². The fraction of sp³-hybridized carbons (Fsp3) is 0.438. The molecule has 108 valence electrons. The SMILES string of the molecule is Cc1n[nH]c(C)c1CNCc1ccccc1CN(C)C. The molecule has 0 atom stereocenters. The van der Waals surface area contributed by atoms with Gasteiger partial charge < -0.3 is 10.2 Å². The van der Waals surface area contributed by atoms with Crippen molar-refractivity contribution in [1.82, 2.24) is 20.4 Å². The summed E-state index contributed by atoms with van der Waals surface area (Å²) in [6, 6.07) is 8.60. The van der Waals surface area contributed by atoms with Crippen molar-refractivity contribution in [2.75, 3.05) is 14.1 Å². The zero-order valence-corrected chi connectivity index (χ0v) is 12.8. The number of aryl methyl sites for hydroxylation is 2. The van der Waals surface area contributed by atoms with Crippen molar-refractivity contribution in [1.29, 1.82) is 0 Å². The van der Waals surface area contributed by atoms with Gasteiger partial charge in [0.05, 0.1) is 5.69 Å². The minimum absolute atomic E-state index is 0.852. The maximum Gasteiger partial charge on any atom is 0.0638 e. The highest BCUT2D eigenvalue weighted by atomic mass is 15.1. The Kier molecular flexibility index (Phi) is 4.93. The largest absolute Gasteiger partial charge is 0.308 e. The molecule has 2 rings (SSSR count). The Hall–Kier alpha value is -1.65. The summed E-state index contributed by atoms with van der Waals surface area (Å²) in [5.74, 6) is 0. The molecule has 0 radical (unpaired) electrons. The summed E-state index contributed by atoms with van der Waals surface area (Å²) in [5.41, 5.74) is 6.24. The molecule has 0 spiro atoms. The van der Waals surface area contributed by atoms with Crippen LogP contribution in [0, 0.1) is 13.8 Å². The Morgan fingerprint density at radius 1 is 1.10 bits per heavy atom. The van der Waals surface area contributed by atoms with Crippen LogP contribution >= 0.6 is 0 Å². The summed E-state index contributed by atoms with van der Waals surface area (Å²) in [6.07, 6.45) is 0. The second-order valence-electron chi connectivity index (χ2n) is 5.52. The van der Waals surface area contributed by atoms with Crippen molar-refractivity contribution in [3.8, 4) is 0 Å². The number of nitrogens with zero attached hydrogens (tertiary/aromatic N) is 2. The van der Waals surface area contributed by atoms with Crippen LogP contribution in [0.1, 0.15) is 28.1 Å². The predicted molar refractivity (Wildman–Crippen MR) is 82.4 cm³/mol. The van der Waals surface area contributed by atoms with Crippen LogP contribution in [0.5, 0.6) is 0 Å². The van der Waals surface area contributed by atoms with Crippen molar-refractivity contribution in [2.45, 2.75) is 33.5 Å². The number of hydrogen-bond acceptors (Lipinski definition) is 3. The first kappa shape index (κ1) is 14.8. The maximum atomic E-state index is 4.23. The molecule has 2 N–H and O–H groups in total. The Balaban J connectivity index is 1.97. The topological polar surface area (TPSA) is 44.0 Å². The molecule has 0 aliphatic carbocycles. The summed E-state index contributed by atoms with van der Waals surface area (Å²) >= 11 is 0. The van der Waals surface area contributed by atoms with Crippen LogP contribution in [0.3, 0.4) is 0 Å². The summed E-state index contributed by atoms with van der Waals surface area (Å²) in [6.45, 7) is 6.82. The van der Waals surface area contributed by atoms with Crippen molar-refractivity contribution >= 4 is 0 Å². The molecule has 1 aromatic heterocycles. The second-order valence-corrected chi connectivity index (χ2v) is 5.52. The first-order chi connectivity index (χ1) is 9.58. The lowest BCUT2D eigenvalue weighted by Gasteiger charge is -2.14. The summed E-state index contributed by atoms with van der Waals surface area (Å²) < 4.78 is 0. The first-order valence-electron chi connectivity index (χ1n) is 7.00. The smallest absolute Gasteiger partial charge is 0.0638 e. The van der Waals surface area contributed by atoms with Crippen LogP contribution in [0.15, 0.2) is 24.3 Å². The van der Waals surface area contributed by atoms with E-state index >= 15 is 0 Å². The van der Waals surface area contributed by atoms with Gasteiger partial charge in [0.2, 0.25) is 0 Å². The highest BCUT2D eigenvalue weighted by Crippen LogP contribution is 2.12. The van der Waals surface area contributed by atoms with Gasteiger partial charge in [0.25, 0.3) is 0 Å². The summed E-state index contributed by atoms with van der Waals surface area (Å²) in [7, 11) is 4.20. The van der Waals surface area contributed by atoms with Crippen LogP contribution in [0.25, 0.3) is 0 Å². The number of rotatable bonds is 6. The third-order valence-electron chi connectivity index (χ3n) is 3.50. The molecule has 1 aromatic carbocycles. The number of aromatic amines is 1. The quantitative estimate of drug-likeness (QED) is 0.848. The molecule has 0 amide bonds. The van der Waals surface area contributed by atoms with E-state index in [0.717, 1.165) is 31.0 Å². The van der Waals surface area contributed by atoms with Crippen LogP contribution in [0.4, 0.5) is 0 Å². The second kappa shape index (κ2) is 6.68. The Morgan fingerprint density at radius 2 is 1.80 bits per heavy atom. The highest BCUT2D eigenvalue weighted by molar-refractivity contribution is 5.27. The number of benzene rings is 1. The van der Waals surface area contributed by atoms with E-state index in [1.807, 2.05) is 6.92 Å². The van der Waals surface area contributed by atoms with Gasteiger partial charge in [-0.2, -0.15) is 5.10 Å². The van der Waals surface area contributed by atoms with E-state index < -0.39 is 0 Å². The lowest BCUT2D eigenvalue weighted by Crippen LogP contribution is -2.17. The van der Waals surface area contributed by atoms with Crippen LogP contribution in [0.2, 0.25) is 0 Å². The standard InChI is InChI=1S/C16H24N4/c1-12-16(13(2)19-18-12)10-17-9-14-7-5-6-8-15(14)11-20(3)4/h5-8,17H,9-11H2,1-4H3,(H,18,19). The van der Waals surface area contributed by atoms with Crippen molar-refractivity contribution in [3.05, 3.63) is 52.3 Å². The van der Waals surface area contributed by atoms with Gasteiger partial charge >= 0.3 is 0 Å². The van der Waals surface area contributed by atoms with Crippen LogP contribution in [-0.4, -0.2) is 29.2 Å². The fourth-order valence-corrected chi connectivity index (χ4v) is 2.38. The van der Waals surface area contributed by atoms with Gasteiger partial charge in [-0.1, -0.05) is 24.3 Å². The predicted octanol–water partition coefficient (Wildman–Crippen LogP) is 2.38. The number of nitrogens with one attached hydrogen (secondary N) is 2. The van der Waals surface area contributed by atoms with Gasteiger partial charge in [-0.05, 0) is 39.1 Å². The minimum atomic E-state index is 0.852. The van der Waals surface area contributed by atoms with Crippen molar-refractivity contribution < 1.29 is 0 Å². The average molecular weight is 272 g/mol. The van der Waals surface area contributed by atoms with Crippen LogP contribution in [-0.2, 0) is 19.6 Å². The van der Waals surface area contributed by atoms with Crippen molar-refractivity contribution in [2.24, 2.45) is 0 Å². The van der Waals surface area contributed by atoms with Crippen LogP contribution < -0.4 is 5.32 Å². The monoisotopic (exact) mass is 272 g/mol. The molecule has 0 aliphatic rings.